The van der Waals surface area contributed by atoms with E-state index < -0.39 is 11.4 Å². The van der Waals surface area contributed by atoms with Crippen molar-refractivity contribution in [3.8, 4) is 0 Å². The molecular formula is C23H28BrN3O3S. The smallest absolute Gasteiger partial charge is 0.330 e. The molecule has 2 N–H and O–H groups in total. The highest BCUT2D eigenvalue weighted by Gasteiger charge is 2.46. The standard InChI is InChI=1S/C23H28BrN3O3S/c1-13(2)30-17(16-10-8-7-9-11-16)12-26-20-18(14(3)19(24)31-20)15(4)27(22(26)29)23(5,6)21(25)28/h7-11,13,17H,4,12H2,1-3,5-6H3,(H2,25,28)/t17-/m0/s1. The van der Waals surface area contributed by atoms with Crippen molar-refractivity contribution in [2.45, 2.75) is 52.4 Å². The summed E-state index contributed by atoms with van der Waals surface area (Å²) in [4.78, 5) is 29.1. The molecule has 8 heteroatoms. The summed E-state index contributed by atoms with van der Waals surface area (Å²) in [6.45, 7) is 13.6. The van der Waals surface area contributed by atoms with Crippen LogP contribution in [0.4, 0.5) is 9.80 Å². The number of carbonyl (C=O) groups excluding carboxylic acids is 2. The maximum atomic E-state index is 13.7. The van der Waals surface area contributed by atoms with E-state index >= 15 is 0 Å². The van der Waals surface area contributed by atoms with Crippen LogP contribution < -0.4 is 10.6 Å². The SMILES string of the molecule is C=C1c2c(sc(Br)c2C)N(C[C@H](OC(C)C)c2ccccc2)C(=O)N1C(C)(C)C(N)=O. The Balaban J connectivity index is 2.12. The Morgan fingerprint density at radius 1 is 1.29 bits per heavy atom. The first-order valence-corrected chi connectivity index (χ1v) is 11.7. The third-order valence-corrected chi connectivity index (χ3v) is 7.60. The molecule has 31 heavy (non-hydrogen) atoms. The molecule has 1 aliphatic rings. The summed E-state index contributed by atoms with van der Waals surface area (Å²) < 4.78 is 7.11. The number of halogens is 1. The molecule has 0 saturated carbocycles. The first-order valence-electron chi connectivity index (χ1n) is 10.1. The summed E-state index contributed by atoms with van der Waals surface area (Å²) >= 11 is 5.07. The average molecular weight is 506 g/mol. The fourth-order valence-corrected chi connectivity index (χ4v) is 5.39. The predicted octanol–water partition coefficient (Wildman–Crippen LogP) is 5.46. The van der Waals surface area contributed by atoms with Gasteiger partial charge in [0.1, 0.15) is 16.6 Å². The molecule has 0 unspecified atom stereocenters. The van der Waals surface area contributed by atoms with Crippen LogP contribution in [0.1, 0.15) is 50.5 Å². The first kappa shape index (κ1) is 23.5. The number of hydrogen-bond donors (Lipinski definition) is 1. The predicted molar refractivity (Wildman–Crippen MR) is 129 cm³/mol. The van der Waals surface area contributed by atoms with Crippen LogP contribution in [0.15, 0.2) is 40.7 Å². The highest BCUT2D eigenvalue weighted by molar-refractivity contribution is 9.11. The minimum atomic E-state index is -1.24. The number of amides is 3. The highest BCUT2D eigenvalue weighted by Crippen LogP contribution is 2.49. The van der Waals surface area contributed by atoms with Gasteiger partial charge in [0.05, 0.1) is 16.4 Å². The Morgan fingerprint density at radius 2 is 1.90 bits per heavy atom. The van der Waals surface area contributed by atoms with Crippen molar-refractivity contribution in [2.75, 3.05) is 11.4 Å². The Hall–Kier alpha value is -2.16. The molecule has 1 atom stereocenters. The lowest BCUT2D eigenvalue weighted by atomic mass is 9.97. The monoisotopic (exact) mass is 505 g/mol. The fraction of sp³-hybridized carbons (Fsp3) is 0.391. The zero-order chi connectivity index (χ0) is 23.1. The summed E-state index contributed by atoms with van der Waals surface area (Å²) in [7, 11) is 0. The summed E-state index contributed by atoms with van der Waals surface area (Å²) in [5.41, 5.74) is 7.67. The molecule has 1 aromatic heterocycles. The lowest BCUT2D eigenvalue weighted by Gasteiger charge is -2.44. The van der Waals surface area contributed by atoms with Crippen LogP contribution in [-0.2, 0) is 9.53 Å². The number of carbonyl (C=O) groups is 2. The van der Waals surface area contributed by atoms with Crippen LogP contribution in [0.5, 0.6) is 0 Å². The van der Waals surface area contributed by atoms with Gasteiger partial charge in [0.2, 0.25) is 5.91 Å². The summed E-state index contributed by atoms with van der Waals surface area (Å²) in [6.07, 6.45) is -0.376. The maximum Gasteiger partial charge on any atom is 0.330 e. The number of anilines is 1. The largest absolute Gasteiger partial charge is 0.369 e. The van der Waals surface area contributed by atoms with E-state index in [1.54, 1.807) is 18.7 Å². The molecule has 6 nitrogen and oxygen atoms in total. The van der Waals surface area contributed by atoms with Crippen molar-refractivity contribution in [1.29, 1.82) is 0 Å². The van der Waals surface area contributed by atoms with E-state index in [1.165, 1.54) is 16.2 Å². The number of primary amides is 1. The molecule has 2 aromatic rings. The van der Waals surface area contributed by atoms with Crippen LogP contribution in [-0.4, -0.2) is 35.0 Å². The molecule has 0 fully saturated rings. The molecule has 1 aromatic carbocycles. The molecule has 3 amide bonds. The average Bonchev–Trinajstić information content (AvgIpc) is 2.99. The number of rotatable bonds is 7. The van der Waals surface area contributed by atoms with Crippen LogP contribution in [0.2, 0.25) is 0 Å². The number of benzene rings is 1. The minimum absolute atomic E-state index is 0.0329. The molecule has 0 spiro atoms. The van der Waals surface area contributed by atoms with Crippen molar-refractivity contribution >= 4 is 49.9 Å². The van der Waals surface area contributed by atoms with E-state index in [2.05, 4.69) is 22.5 Å². The normalized spacial score (nSPS) is 15.5. The van der Waals surface area contributed by atoms with Gasteiger partial charge in [-0.1, -0.05) is 36.9 Å². The number of nitrogens with two attached hydrogens (primary N) is 1. The third kappa shape index (κ3) is 4.29. The van der Waals surface area contributed by atoms with Gasteiger partial charge in [-0.3, -0.25) is 14.6 Å². The van der Waals surface area contributed by atoms with Crippen molar-refractivity contribution in [2.24, 2.45) is 5.73 Å². The number of fused-ring (bicyclic) bond motifs is 1. The Labute approximate surface area is 195 Å². The molecule has 166 valence electrons. The van der Waals surface area contributed by atoms with Crippen LogP contribution in [0.25, 0.3) is 5.70 Å². The number of hydrogen-bond acceptors (Lipinski definition) is 4. The van der Waals surface area contributed by atoms with Crippen molar-refractivity contribution in [1.82, 2.24) is 4.90 Å². The fourth-order valence-electron chi connectivity index (χ4n) is 3.67. The molecule has 2 heterocycles. The minimum Gasteiger partial charge on any atom is -0.369 e. The second-order valence-electron chi connectivity index (χ2n) is 8.36. The van der Waals surface area contributed by atoms with E-state index in [9.17, 15) is 9.59 Å². The van der Waals surface area contributed by atoms with E-state index in [1.807, 2.05) is 51.1 Å². The summed E-state index contributed by atoms with van der Waals surface area (Å²) in [5.74, 6) is -0.601. The second kappa shape index (κ2) is 8.76. The molecular weight excluding hydrogens is 478 g/mol. The number of ether oxygens (including phenoxy) is 1. The van der Waals surface area contributed by atoms with Gasteiger partial charge in [0.25, 0.3) is 0 Å². The highest BCUT2D eigenvalue weighted by atomic mass is 79.9. The van der Waals surface area contributed by atoms with Gasteiger partial charge in [-0.15, -0.1) is 11.3 Å². The zero-order valence-electron chi connectivity index (χ0n) is 18.4. The Bertz CT molecular complexity index is 1020. The van der Waals surface area contributed by atoms with Gasteiger partial charge in [0.15, 0.2) is 0 Å². The summed E-state index contributed by atoms with van der Waals surface area (Å²) in [5, 5.41) is 0.782. The van der Waals surface area contributed by atoms with E-state index in [0.717, 1.165) is 25.5 Å². The van der Waals surface area contributed by atoms with Crippen LogP contribution in [0.3, 0.4) is 0 Å². The third-order valence-electron chi connectivity index (χ3n) is 5.41. The molecule has 0 radical (unpaired) electrons. The summed E-state index contributed by atoms with van der Waals surface area (Å²) in [6, 6.07) is 9.48. The topological polar surface area (TPSA) is 75.9 Å². The van der Waals surface area contributed by atoms with Gasteiger partial charge in [-0.2, -0.15) is 0 Å². The second-order valence-corrected chi connectivity index (χ2v) is 10.7. The van der Waals surface area contributed by atoms with Crippen LogP contribution in [0, 0.1) is 6.92 Å². The van der Waals surface area contributed by atoms with Gasteiger partial charge in [0, 0.05) is 11.3 Å². The van der Waals surface area contributed by atoms with Gasteiger partial charge >= 0.3 is 6.03 Å². The van der Waals surface area contributed by atoms with Gasteiger partial charge in [-0.05, 0) is 61.7 Å². The van der Waals surface area contributed by atoms with Crippen molar-refractivity contribution < 1.29 is 14.3 Å². The molecule has 0 saturated heterocycles. The molecule has 0 bridgehead atoms. The number of thiophene rings is 1. The van der Waals surface area contributed by atoms with Crippen molar-refractivity contribution in [3.63, 3.8) is 0 Å². The van der Waals surface area contributed by atoms with E-state index in [0.29, 0.717) is 12.2 Å². The Kier molecular flexibility index (Phi) is 6.64. The van der Waals surface area contributed by atoms with E-state index in [-0.39, 0.29) is 18.2 Å². The Morgan fingerprint density at radius 3 is 2.45 bits per heavy atom. The number of urea groups is 1. The van der Waals surface area contributed by atoms with Gasteiger partial charge < -0.3 is 10.5 Å². The van der Waals surface area contributed by atoms with Crippen LogP contribution >= 0.6 is 27.3 Å². The molecule has 0 aliphatic carbocycles. The first-order chi connectivity index (χ1) is 14.5. The van der Waals surface area contributed by atoms with Gasteiger partial charge in [-0.25, -0.2) is 4.79 Å². The van der Waals surface area contributed by atoms with E-state index in [4.69, 9.17) is 10.5 Å². The zero-order valence-corrected chi connectivity index (χ0v) is 20.8. The lowest BCUT2D eigenvalue weighted by molar-refractivity contribution is -0.125. The lowest BCUT2D eigenvalue weighted by Crippen LogP contribution is -2.60. The molecule has 1 aliphatic heterocycles. The molecule has 3 rings (SSSR count). The van der Waals surface area contributed by atoms with Crippen molar-refractivity contribution in [3.05, 3.63) is 57.4 Å². The number of nitrogens with zero attached hydrogens (tertiary/aromatic N) is 2. The maximum absolute atomic E-state index is 13.7. The quantitative estimate of drug-likeness (QED) is 0.542.